The predicted octanol–water partition coefficient (Wildman–Crippen LogP) is 22.8. The lowest BCUT2D eigenvalue weighted by Crippen LogP contribution is -2.64. The van der Waals surface area contributed by atoms with Gasteiger partial charge < -0.3 is 24.0 Å². The minimum Gasteiger partial charge on any atom is -0.458 e. The van der Waals surface area contributed by atoms with E-state index >= 15 is 0 Å². The van der Waals surface area contributed by atoms with Crippen molar-refractivity contribution < 1.29 is 4.74 Å². The van der Waals surface area contributed by atoms with Crippen molar-refractivity contribution >= 4 is 119 Å². The Morgan fingerprint density at radius 3 is 1.30 bits per heavy atom. The highest BCUT2D eigenvalue weighted by atomic mass is 16.5. The minimum atomic E-state index is -0.604. The third-order valence-electron chi connectivity index (χ3n) is 25.1. The summed E-state index contributed by atoms with van der Waals surface area (Å²) in [6.07, 6.45) is 0. The normalized spacial score (nSPS) is 14.3. The number of fused-ring (bicyclic) bond motifs is 21. The maximum absolute atomic E-state index is 8.14. The highest BCUT2D eigenvalue weighted by molar-refractivity contribution is 7.02. The Hall–Kier alpha value is -12.6. The van der Waals surface area contributed by atoms with Crippen LogP contribution in [0.2, 0.25) is 0 Å². The van der Waals surface area contributed by atoms with Gasteiger partial charge in [0.2, 0.25) is 0 Å². The molecule has 5 nitrogen and oxygen atoms in total. The van der Waals surface area contributed by atoms with Crippen molar-refractivity contribution in [2.75, 3.05) is 14.7 Å². The second kappa shape index (κ2) is 23.2. The number of rotatable bonds is 6. The molecule has 7 heteroatoms. The van der Waals surface area contributed by atoms with Crippen LogP contribution in [0.5, 0.6) is 11.5 Å². The molecule has 0 saturated carbocycles. The Bertz CT molecular complexity index is 6480. The van der Waals surface area contributed by atoms with Crippen LogP contribution in [0.3, 0.4) is 0 Å². The number of benzene rings is 15. The average Bonchev–Trinajstić information content (AvgIpc) is 1.23. The summed E-state index contributed by atoms with van der Waals surface area (Å²) in [4.78, 5) is 7.71. The third-order valence-corrected chi connectivity index (χ3v) is 25.1. The molecule has 0 fully saturated rings. The minimum absolute atomic E-state index is 0.0567. The molecular formula is C103H80B2N4O. The molecule has 16 aromatic rings. The smallest absolute Gasteiger partial charge is 0.256 e. The van der Waals surface area contributed by atoms with Crippen LogP contribution in [0.15, 0.2) is 322 Å². The number of hydrogen-bond donors (Lipinski definition) is 0. The number of para-hydroxylation sites is 4. The summed E-state index contributed by atoms with van der Waals surface area (Å²) in [6.45, 7) is 20.5. The van der Waals surface area contributed by atoms with Crippen LogP contribution in [-0.4, -0.2) is 18.0 Å². The van der Waals surface area contributed by atoms with Crippen molar-refractivity contribution in [3.8, 4) is 61.7 Å². The van der Waals surface area contributed by atoms with Crippen molar-refractivity contribution in [2.45, 2.75) is 84.0 Å². The van der Waals surface area contributed by atoms with Crippen LogP contribution in [0.1, 0.15) is 101 Å². The summed E-state index contributed by atoms with van der Waals surface area (Å²) >= 11 is 0. The van der Waals surface area contributed by atoms with Gasteiger partial charge in [-0.15, -0.1) is 0 Å². The van der Waals surface area contributed by atoms with Crippen LogP contribution >= 0.6 is 0 Å². The van der Waals surface area contributed by atoms with E-state index in [9.17, 15) is 0 Å². The van der Waals surface area contributed by atoms with E-state index in [0.29, 0.717) is 0 Å². The number of ether oxygens (including phenoxy) is 1. The zero-order valence-corrected chi connectivity index (χ0v) is 63.5. The molecule has 1 aromatic heterocycles. The van der Waals surface area contributed by atoms with Crippen LogP contribution < -0.4 is 52.2 Å². The SMILES string of the molecule is CC(C)(C)c1ccc(N2c3ccccc3B3c4cc5c(cc4Oc4cc(-c6cccc7c6C6(c8ccccc8-c8ccccc86)c6ccccc6-7)cc2c43)N(c2ccccc2)c2cc(-n3c4ccc(C(C)(C)C)cc4c4cc(C(C)(C)C)ccc43)cc3c2B5c2ccccc2N3c2ccccc2)c(-c2ccccc2)c1. The Balaban J connectivity index is 0.826. The Labute approximate surface area is 645 Å². The van der Waals surface area contributed by atoms with Gasteiger partial charge in [-0.3, -0.25) is 0 Å². The highest BCUT2D eigenvalue weighted by Gasteiger charge is 2.54. The fourth-order valence-electron chi connectivity index (χ4n) is 20.1. The lowest BCUT2D eigenvalue weighted by Gasteiger charge is -2.45. The van der Waals surface area contributed by atoms with E-state index in [1.807, 2.05) is 0 Å². The van der Waals surface area contributed by atoms with Gasteiger partial charge in [-0.05, 0) is 224 Å². The Morgan fingerprint density at radius 1 is 0.273 bits per heavy atom. The maximum atomic E-state index is 8.14. The average molecular weight is 1410 g/mol. The van der Waals surface area contributed by atoms with Gasteiger partial charge in [-0.1, -0.05) is 281 Å². The van der Waals surface area contributed by atoms with Gasteiger partial charge in [0.25, 0.3) is 13.4 Å². The first kappa shape index (κ1) is 64.6. The summed E-state index contributed by atoms with van der Waals surface area (Å²) in [5, 5.41) is 2.51. The molecule has 0 radical (unpaired) electrons. The van der Waals surface area contributed by atoms with Crippen molar-refractivity contribution in [3.05, 3.63) is 360 Å². The zero-order chi connectivity index (χ0) is 74.0. The highest BCUT2D eigenvalue weighted by Crippen LogP contribution is 2.65. The van der Waals surface area contributed by atoms with E-state index in [1.165, 1.54) is 122 Å². The van der Waals surface area contributed by atoms with Gasteiger partial charge in [0.1, 0.15) is 11.5 Å². The van der Waals surface area contributed by atoms with Gasteiger partial charge in [0.05, 0.1) is 27.8 Å². The molecule has 4 aliphatic heterocycles. The largest absolute Gasteiger partial charge is 0.458 e. The molecule has 6 aliphatic rings. The molecule has 22 rings (SSSR count). The van der Waals surface area contributed by atoms with E-state index in [2.05, 4.69) is 403 Å². The van der Waals surface area contributed by atoms with Crippen molar-refractivity contribution in [3.63, 3.8) is 0 Å². The molecular weight excluding hydrogens is 1330 g/mol. The van der Waals surface area contributed by atoms with Crippen molar-refractivity contribution in [1.82, 2.24) is 4.57 Å². The van der Waals surface area contributed by atoms with Crippen LogP contribution in [0, 0.1) is 0 Å². The van der Waals surface area contributed by atoms with E-state index in [4.69, 9.17) is 4.74 Å². The summed E-state index contributed by atoms with van der Waals surface area (Å²) in [5.41, 5.74) is 38.7. The molecule has 0 unspecified atom stereocenters. The lowest BCUT2D eigenvalue weighted by molar-refractivity contribution is 0.488. The van der Waals surface area contributed by atoms with E-state index < -0.39 is 5.41 Å². The molecule has 5 heterocycles. The van der Waals surface area contributed by atoms with Crippen molar-refractivity contribution in [1.29, 1.82) is 0 Å². The second-order valence-electron chi connectivity index (χ2n) is 34.3. The molecule has 524 valence electrons. The second-order valence-corrected chi connectivity index (χ2v) is 34.3. The summed E-state index contributed by atoms with van der Waals surface area (Å²) < 4.78 is 10.7. The predicted molar refractivity (Wildman–Crippen MR) is 464 cm³/mol. The number of hydrogen-bond acceptors (Lipinski definition) is 4. The van der Waals surface area contributed by atoms with Gasteiger partial charge in [0.15, 0.2) is 0 Å². The first-order chi connectivity index (χ1) is 53.5. The standard InChI is InChI=1S/C103H80B2N4O/c1-100(2,3)65-48-51-86(76(56-65)63-30-13-10-14-31-63)109-90-47-28-26-45-83(90)105-85-61-84-91(62-95(85)110-96-55-64(54-92(109)99(96)105)71-39-29-40-75-74-38-21-24-43-81(74)103(97(71)75)79-41-22-19-36-72(79)73-37-20-23-42-80(73)103)107(69-34-17-12-18-35-69)94-60-70(59-93-98(94)104(84)82-44-25-27-46-89(82)106(93)68-32-15-11-16-33-68)108-87-52-49-66(101(4,5)6)57-77(87)78-58-67(102(7,8)9)50-53-88(78)108/h10-62H,1-9H3. The van der Waals surface area contributed by atoms with Gasteiger partial charge in [-0.25, -0.2) is 0 Å². The zero-order valence-electron chi connectivity index (χ0n) is 63.5. The monoisotopic (exact) mass is 1410 g/mol. The van der Waals surface area contributed by atoms with Crippen LogP contribution in [0.4, 0.5) is 51.2 Å². The molecule has 0 amide bonds. The fourth-order valence-corrected chi connectivity index (χ4v) is 20.1. The van der Waals surface area contributed by atoms with Crippen LogP contribution in [-0.2, 0) is 21.7 Å². The van der Waals surface area contributed by atoms with Gasteiger partial charge in [0, 0.05) is 67.9 Å². The molecule has 1 spiro atoms. The van der Waals surface area contributed by atoms with E-state index in [0.717, 1.165) is 84.9 Å². The quantitative estimate of drug-likeness (QED) is 0.155. The van der Waals surface area contributed by atoms with E-state index in [-0.39, 0.29) is 29.7 Å². The molecule has 0 saturated heterocycles. The Kier molecular flexibility index (Phi) is 13.6. The topological polar surface area (TPSA) is 23.9 Å². The third kappa shape index (κ3) is 9.12. The van der Waals surface area contributed by atoms with E-state index in [1.54, 1.807) is 0 Å². The summed E-state index contributed by atoms with van der Waals surface area (Å²) in [5.74, 6) is 1.69. The van der Waals surface area contributed by atoms with Gasteiger partial charge >= 0.3 is 0 Å². The molecule has 2 aliphatic carbocycles. The van der Waals surface area contributed by atoms with Crippen LogP contribution in [0.25, 0.3) is 72.0 Å². The summed E-state index contributed by atoms with van der Waals surface area (Å²) in [6, 6.07) is 123. The lowest BCUT2D eigenvalue weighted by atomic mass is 9.30. The van der Waals surface area contributed by atoms with Crippen molar-refractivity contribution in [2.24, 2.45) is 0 Å². The number of aromatic nitrogens is 1. The number of nitrogens with zero attached hydrogens (tertiary/aromatic N) is 4. The Morgan fingerprint density at radius 2 is 0.727 bits per heavy atom. The molecule has 15 aromatic carbocycles. The molecule has 110 heavy (non-hydrogen) atoms. The first-order valence-corrected chi connectivity index (χ1v) is 39.1. The van der Waals surface area contributed by atoms with Gasteiger partial charge in [-0.2, -0.15) is 0 Å². The maximum Gasteiger partial charge on any atom is 0.256 e. The molecule has 0 atom stereocenters. The summed E-state index contributed by atoms with van der Waals surface area (Å²) in [7, 11) is 0. The molecule has 0 bridgehead atoms. The number of anilines is 9. The first-order valence-electron chi connectivity index (χ1n) is 39.1. The fraction of sp³-hybridized carbons (Fsp3) is 0.126. The molecule has 0 N–H and O–H groups in total.